The summed E-state index contributed by atoms with van der Waals surface area (Å²) in [7, 11) is 0. The summed E-state index contributed by atoms with van der Waals surface area (Å²) in [6, 6.07) is 0. The van der Waals surface area contributed by atoms with Gasteiger partial charge in [0, 0.05) is 0 Å². The van der Waals surface area contributed by atoms with Crippen LogP contribution in [-0.4, -0.2) is 115 Å². The largest absolute Gasteiger partial charge is 1.00 e. The maximum absolute atomic E-state index is 8.56. The molecule has 0 saturated carbocycles. The van der Waals surface area contributed by atoms with Gasteiger partial charge in [-0.3, -0.25) is 0 Å². The Morgan fingerprint density at radius 2 is 0.0574 bits per heavy atom. The van der Waals surface area contributed by atoms with Gasteiger partial charge in [0.05, 0.1) is 0 Å². The van der Waals surface area contributed by atoms with Crippen LogP contribution in [0.4, 0.5) is 33.6 Å². The fourth-order valence-corrected chi connectivity index (χ4v) is 0. The Morgan fingerprint density at radius 3 is 0.0574 bits per heavy atom. The van der Waals surface area contributed by atoms with Crippen LogP contribution in [0.5, 0.6) is 0 Å². The average molecular weight is 2600 g/mol. The van der Waals surface area contributed by atoms with Gasteiger partial charge in [-0.25, -0.2) is 33.6 Å². The molecular weight excluding hydrogens is 2580 g/mol. The summed E-state index contributed by atoms with van der Waals surface area (Å²) in [6.45, 7) is 0. The van der Waals surface area contributed by atoms with E-state index in [0.29, 0.717) is 0 Å². The summed E-state index contributed by atoms with van der Waals surface area (Å²) >= 11 is 0. The zero-order valence-electron chi connectivity index (χ0n) is 107. The minimum atomic E-state index is -1.83. The van der Waals surface area contributed by atoms with Gasteiger partial charge in [-0.2, -0.15) is 0 Å². The molecule has 0 fully saturated rings. The summed E-state index contributed by atoms with van der Waals surface area (Å²) in [5.74, 6) is 0. The van der Waals surface area contributed by atoms with Crippen LogP contribution in [0.15, 0.2) is 0 Å². The van der Waals surface area contributed by atoms with Crippen molar-refractivity contribution in [3.05, 3.63) is 0 Å². The number of carboxylic acid groups (broad SMARTS) is 14. The Hall–Kier alpha value is 88.9. The van der Waals surface area contributed by atoms with Crippen LogP contribution >= 0.6 is 0 Å². The zero-order chi connectivity index (χ0) is 25.0. The van der Waals surface area contributed by atoms with Gasteiger partial charge >= 0.3 is 2820 Å². The van der Waals surface area contributed by atoms with Crippen molar-refractivity contribution in [3.63, 3.8) is 0 Å². The van der Waals surface area contributed by atoms with Crippen molar-refractivity contribution in [1.82, 2.24) is 0 Å². The molecule has 0 aromatic heterocycles. The van der Waals surface area contributed by atoms with Gasteiger partial charge in [-0.1, -0.05) is 0 Å². The van der Waals surface area contributed by atoms with Gasteiger partial charge in [0.15, 0.2) is 0 Å². The van der Waals surface area contributed by atoms with Crippen molar-refractivity contribution < 1.29 is 2880 Å². The molecule has 0 radical (unpaired) electrons. The Balaban J connectivity index is -0.000000000378. The van der Waals surface area contributed by atoms with E-state index in [9.17, 15) is 0 Å². The van der Waals surface area contributed by atoms with Crippen molar-refractivity contribution in [3.8, 4) is 0 Å². The molecule has 0 aliphatic carbocycles. The molecule has 0 spiro atoms. The molecule has 0 atom stereocenters. The van der Waals surface area contributed by atoms with Gasteiger partial charge in [0.1, 0.15) is 0 Å². The monoisotopic (exact) mass is 2590 g/mol. The van der Waals surface area contributed by atoms with Gasteiger partial charge in [-0.05, 0) is 0 Å². The summed E-state index contributed by atoms with van der Waals surface area (Å²) in [5, 5.41) is 97.6. The molecule has 21 nitrogen and oxygen atoms in total. The second kappa shape index (κ2) is 758. The third kappa shape index (κ3) is 1140. The van der Waals surface area contributed by atoms with Crippen molar-refractivity contribution in [1.29, 1.82) is 0 Å². The van der Waals surface area contributed by atoms with E-state index in [4.69, 9.17) is 105 Å². The molecule has 0 aromatic carbocycles. The first-order chi connectivity index (χ1) is 12.1. The van der Waals surface area contributed by atoms with E-state index >= 15 is 0 Å². The van der Waals surface area contributed by atoms with Crippen molar-refractivity contribution >= 4 is 43.1 Å². The van der Waals surface area contributed by atoms with E-state index in [0.717, 1.165) is 0 Å². The maximum atomic E-state index is 8.56. The molecule has 0 rings (SSSR count). The van der Waals surface area contributed by atoms with Crippen LogP contribution < -0.4 is 2780 Å². The molecule has 0 aromatic rings. The molecule has 168 valence electrons. The predicted octanol–water partition coefficient (Wildman–Crippen LogP) is -280. The van der Waals surface area contributed by atoms with Gasteiger partial charge in [-0.15, -0.1) is 0 Å². The Kier molecular flexibility index (Phi) is 4780. The molecule has 0 aliphatic rings. The fourth-order valence-electron chi connectivity index (χ4n) is 0. The van der Waals surface area contributed by atoms with Crippen LogP contribution in [0, 0.1) is 0 Å². The Morgan fingerprint density at radius 1 is 0.0574 bits per heavy atom. The summed E-state index contributed by atoms with van der Waals surface area (Å²) in [4.78, 5) is 59.9. The zero-order valence-corrected chi connectivity index (χ0v) is 295. The summed E-state index contributed by atoms with van der Waals surface area (Å²) in [5.41, 5.74) is 0. The second-order valence-corrected chi connectivity index (χ2v) is 1.98. The first kappa shape index (κ1) is 769. The minimum absolute atomic E-state index is 0. The first-order valence-corrected chi connectivity index (χ1v) is 4.56. The van der Waals surface area contributed by atoms with Crippen molar-refractivity contribution in [2.45, 2.75) is 0 Å². The topological polar surface area (TPSA) is 403 Å². The summed E-state index contributed by atoms with van der Waals surface area (Å²) < 4.78 is 0. The van der Waals surface area contributed by atoms with Gasteiger partial charge in [0.25, 0.3) is 0 Å². The first-order valence-electron chi connectivity index (χ1n) is 4.56. The molecule has 14 N–H and O–H groups in total. The number of carbonyl (C=O) groups is 7. The number of hydrogen-bond donors (Lipinski definition) is 14. The molecule has 0 unspecified atom stereocenters. The Labute approximate surface area is 2820 Å². The minimum Gasteiger partial charge on any atom is -0.450 e. The molecule has 115 heteroatoms. The van der Waals surface area contributed by atoms with Gasteiger partial charge in [0.2, 0.25) is 0 Å². The number of hydrogen-bond acceptors (Lipinski definition) is 7. The SMILES string of the molecule is O=C(O)O.O=C(O)O.O=C(O)O.O=C(O)O.O=C(O)O.O=C(O)O.O=C(O)O.[Na+].[Na+].[Na+].[Na+].[Na+].[Na+].[Na+].[Na+].[Na+].[Na+].[Na+].[Na+].[Na+].[Na+].[Na+].[Na+].[Na+].[Na+].[Na+].[Na+].[Na+].[Na+].[Na+].[Na+].[Na+].[Na+].[Na+].[Na+].[Na+].[Na+].[Na+].[Na+].[Na+].[Na+].[Na+].[Na+].[Na+].[Na+].[Na+].[Na+].[Na+].[Na+].[Na+].[Na+].[Na+].[Na+].[Na+].[Na+].[Na+].[Na+].[Na+].[Na+].[Na+].[Na+].[Na+].[Na+].[Na+].[Na+].[Na+].[Na+].[Na+].[Na+].[Na+].[Na+].[Na+].[Na+].[Na+].[Na+].[Na+].[Na+].[Na+].[Na+].[Na+].[Na+].[Na+].[Na+].[Na+].[Na+].[Na+].[Na+].[Na+].[Na+].[Na+].[Na+].[Na+].[Na+].[Na+].[Na+].[Na+].[Na+].[Na+].[Na+].[Na+].[Na+]. The molecular formula is C7H14Na94O21+94. The van der Waals surface area contributed by atoms with E-state index in [-0.39, 0.29) is 2780 Å². The molecule has 0 amide bonds. The molecule has 0 heterocycles. The van der Waals surface area contributed by atoms with Crippen LogP contribution in [0.2, 0.25) is 0 Å². The van der Waals surface area contributed by atoms with E-state index in [1.807, 2.05) is 0 Å². The fraction of sp³-hybridized carbons (Fsp3) is 0. The smallest absolute Gasteiger partial charge is 0.450 e. The second-order valence-electron chi connectivity index (χ2n) is 1.98. The van der Waals surface area contributed by atoms with E-state index in [2.05, 4.69) is 0 Å². The third-order valence-corrected chi connectivity index (χ3v) is 0. The van der Waals surface area contributed by atoms with Crippen LogP contribution in [0.25, 0.3) is 0 Å². The van der Waals surface area contributed by atoms with Crippen LogP contribution in [0.3, 0.4) is 0 Å². The number of rotatable bonds is 0. The standard InChI is InChI=1S/7CH2O3.94Na/c7*2-1(3)4;;;;;;;;;;;;;;;;;;;;;;;;;;;;;;;;;;;;;;;;;;;;;;;;;;;;;;;;;;;;;;;;;;;;;;;;;;;;;;;;;;;;;;;;;;;;;;/h7*(H2,2,3,4);;;;;;;;;;;;;;;;;;;;;;;;;;;;;;;;;;;;;;;;;;;;;;;;;;;;;;;;;;;;;;;;;;;;;;;;;;;;;;;;;;;;;;;;;;;;;;/q;;;;;;;94*+1. The predicted molar refractivity (Wildman–Crippen MR) is 74.6 cm³/mol. The Bertz CT molecular complexity index is 397. The molecule has 0 aliphatic heterocycles. The van der Waals surface area contributed by atoms with E-state index in [1.54, 1.807) is 0 Å². The molecule has 0 bridgehead atoms. The summed E-state index contributed by atoms with van der Waals surface area (Å²) in [6.07, 6.45) is -12.8. The third-order valence-electron chi connectivity index (χ3n) is 0. The quantitative estimate of drug-likeness (QED) is 0.100. The normalized spacial score (nSPS) is 1.38. The van der Waals surface area contributed by atoms with Gasteiger partial charge < -0.3 is 71.5 Å². The van der Waals surface area contributed by atoms with Crippen molar-refractivity contribution in [2.75, 3.05) is 0 Å². The molecule has 0 saturated heterocycles. The van der Waals surface area contributed by atoms with Crippen LogP contribution in [0.1, 0.15) is 0 Å². The molecule has 122 heavy (non-hydrogen) atoms. The van der Waals surface area contributed by atoms with E-state index in [1.165, 1.54) is 0 Å². The van der Waals surface area contributed by atoms with Crippen molar-refractivity contribution in [2.24, 2.45) is 0 Å². The maximum Gasteiger partial charge on any atom is 1.00 e. The average Bonchev–Trinajstić information content (AvgIpc) is 2.20. The van der Waals surface area contributed by atoms with E-state index < -0.39 is 43.1 Å². The van der Waals surface area contributed by atoms with Crippen LogP contribution in [-0.2, 0) is 0 Å².